The van der Waals surface area contributed by atoms with Crippen molar-refractivity contribution in [3.63, 3.8) is 0 Å². The summed E-state index contributed by atoms with van der Waals surface area (Å²) in [5.74, 6) is 0.767. The minimum atomic E-state index is 0.767. The summed E-state index contributed by atoms with van der Waals surface area (Å²) >= 11 is 6.14. The average molecular weight is 181 g/mol. The lowest BCUT2D eigenvalue weighted by molar-refractivity contribution is 1.09. The van der Waals surface area contributed by atoms with E-state index in [1.54, 1.807) is 0 Å². The van der Waals surface area contributed by atoms with Crippen molar-refractivity contribution in [1.29, 1.82) is 0 Å². The van der Waals surface area contributed by atoms with Crippen molar-refractivity contribution in [3.05, 3.63) is 34.3 Å². The molecule has 0 saturated heterocycles. The van der Waals surface area contributed by atoms with Crippen LogP contribution in [0.1, 0.15) is 36.8 Å². The minimum absolute atomic E-state index is 0.767. The smallest absolute Gasteiger partial charge is 0.0443 e. The zero-order valence-corrected chi connectivity index (χ0v) is 8.06. The summed E-state index contributed by atoms with van der Waals surface area (Å²) in [5, 5.41) is 0.969. The Hall–Kier alpha value is -0.490. The minimum Gasteiger partial charge on any atom is -0.0840 e. The first-order chi connectivity index (χ1) is 5.81. The molecule has 1 heteroatoms. The third-order valence-electron chi connectivity index (χ3n) is 2.49. The van der Waals surface area contributed by atoms with E-state index in [1.807, 2.05) is 0 Å². The Morgan fingerprint density at radius 3 is 2.67 bits per heavy atom. The normalized spacial score (nSPS) is 16.5. The Morgan fingerprint density at radius 2 is 2.17 bits per heavy atom. The monoisotopic (exact) mass is 180 g/mol. The molecule has 1 aliphatic rings. The van der Waals surface area contributed by atoms with E-state index in [-0.39, 0.29) is 0 Å². The first-order valence-electron chi connectivity index (χ1n) is 4.59. The van der Waals surface area contributed by atoms with Crippen molar-refractivity contribution in [2.24, 2.45) is 0 Å². The van der Waals surface area contributed by atoms with E-state index in [4.69, 9.17) is 11.6 Å². The average Bonchev–Trinajstić information content (AvgIpc) is 2.87. The van der Waals surface area contributed by atoms with Gasteiger partial charge in [-0.25, -0.2) is 0 Å². The van der Waals surface area contributed by atoms with Crippen molar-refractivity contribution in [3.8, 4) is 0 Å². The molecule has 2 rings (SSSR count). The van der Waals surface area contributed by atoms with Crippen LogP contribution in [0.15, 0.2) is 18.2 Å². The summed E-state index contributed by atoms with van der Waals surface area (Å²) < 4.78 is 0. The number of halogens is 1. The number of benzene rings is 1. The van der Waals surface area contributed by atoms with Crippen molar-refractivity contribution in [2.75, 3.05) is 0 Å². The largest absolute Gasteiger partial charge is 0.0840 e. The Kier molecular flexibility index (Phi) is 2.10. The molecule has 1 fully saturated rings. The molecule has 0 atom stereocenters. The molecule has 0 aromatic heterocycles. The molecular formula is C11H13Cl. The molecular weight excluding hydrogens is 168 g/mol. The summed E-state index contributed by atoms with van der Waals surface area (Å²) in [6.07, 6.45) is 3.72. The van der Waals surface area contributed by atoms with Gasteiger partial charge < -0.3 is 0 Å². The highest BCUT2D eigenvalue weighted by Gasteiger charge is 2.25. The lowest BCUT2D eigenvalue weighted by atomic mass is 10.1. The van der Waals surface area contributed by atoms with Gasteiger partial charge in [0.1, 0.15) is 0 Å². The Morgan fingerprint density at radius 1 is 1.42 bits per heavy atom. The van der Waals surface area contributed by atoms with Gasteiger partial charge in [-0.05, 0) is 42.4 Å². The van der Waals surface area contributed by atoms with E-state index in [0.29, 0.717) is 0 Å². The molecule has 0 N–H and O–H groups in total. The van der Waals surface area contributed by atoms with E-state index < -0.39 is 0 Å². The van der Waals surface area contributed by atoms with Crippen molar-refractivity contribution in [1.82, 2.24) is 0 Å². The van der Waals surface area contributed by atoms with Gasteiger partial charge in [0, 0.05) is 5.02 Å². The molecule has 0 amide bonds. The number of rotatable bonds is 2. The van der Waals surface area contributed by atoms with Gasteiger partial charge in [0.25, 0.3) is 0 Å². The fourth-order valence-corrected chi connectivity index (χ4v) is 1.87. The van der Waals surface area contributed by atoms with E-state index in [0.717, 1.165) is 17.4 Å². The van der Waals surface area contributed by atoms with Gasteiger partial charge in [0.15, 0.2) is 0 Å². The summed E-state index contributed by atoms with van der Waals surface area (Å²) in [4.78, 5) is 0. The van der Waals surface area contributed by atoms with E-state index >= 15 is 0 Å². The van der Waals surface area contributed by atoms with E-state index in [2.05, 4.69) is 25.1 Å². The second-order valence-electron chi connectivity index (χ2n) is 3.48. The lowest BCUT2D eigenvalue weighted by Crippen LogP contribution is -1.85. The van der Waals surface area contributed by atoms with E-state index in [1.165, 1.54) is 24.0 Å². The molecule has 0 spiro atoms. The first-order valence-corrected chi connectivity index (χ1v) is 4.97. The SMILES string of the molecule is CCc1ccc(C2CC2)c(Cl)c1. The quantitative estimate of drug-likeness (QED) is 0.650. The van der Waals surface area contributed by atoms with Crippen molar-refractivity contribution in [2.45, 2.75) is 32.1 Å². The van der Waals surface area contributed by atoms with Gasteiger partial charge in [0.2, 0.25) is 0 Å². The van der Waals surface area contributed by atoms with Crippen LogP contribution < -0.4 is 0 Å². The summed E-state index contributed by atoms with van der Waals surface area (Å²) in [6.45, 7) is 2.16. The molecule has 64 valence electrons. The Bertz CT molecular complexity index is 287. The number of hydrogen-bond acceptors (Lipinski definition) is 0. The van der Waals surface area contributed by atoms with Gasteiger partial charge in [-0.15, -0.1) is 0 Å². The zero-order valence-electron chi connectivity index (χ0n) is 7.31. The Balaban J connectivity index is 2.32. The molecule has 0 bridgehead atoms. The summed E-state index contributed by atoms with van der Waals surface area (Å²) in [5.41, 5.74) is 2.69. The van der Waals surface area contributed by atoms with Gasteiger partial charge in [-0.2, -0.15) is 0 Å². The topological polar surface area (TPSA) is 0 Å². The van der Waals surface area contributed by atoms with Crippen LogP contribution in [-0.2, 0) is 6.42 Å². The van der Waals surface area contributed by atoms with Crippen molar-refractivity contribution >= 4 is 11.6 Å². The zero-order chi connectivity index (χ0) is 8.55. The summed E-state index contributed by atoms with van der Waals surface area (Å²) in [7, 11) is 0. The van der Waals surface area contributed by atoms with Crippen LogP contribution in [0.5, 0.6) is 0 Å². The van der Waals surface area contributed by atoms with Crippen LogP contribution in [0.2, 0.25) is 5.02 Å². The summed E-state index contributed by atoms with van der Waals surface area (Å²) in [6, 6.07) is 6.49. The predicted octanol–water partition coefficient (Wildman–Crippen LogP) is 3.78. The maximum absolute atomic E-state index is 6.14. The maximum atomic E-state index is 6.14. The van der Waals surface area contributed by atoms with Crippen LogP contribution in [0.3, 0.4) is 0 Å². The molecule has 0 heterocycles. The molecule has 0 nitrogen and oxygen atoms in total. The predicted molar refractivity (Wildman–Crippen MR) is 52.8 cm³/mol. The maximum Gasteiger partial charge on any atom is 0.0443 e. The van der Waals surface area contributed by atoms with Gasteiger partial charge >= 0.3 is 0 Å². The second kappa shape index (κ2) is 3.10. The molecule has 1 aromatic rings. The highest BCUT2D eigenvalue weighted by molar-refractivity contribution is 6.31. The second-order valence-corrected chi connectivity index (χ2v) is 3.89. The molecule has 1 saturated carbocycles. The Labute approximate surface area is 78.6 Å². The van der Waals surface area contributed by atoms with Gasteiger partial charge in [-0.3, -0.25) is 0 Å². The highest BCUT2D eigenvalue weighted by atomic mass is 35.5. The molecule has 0 radical (unpaired) electrons. The van der Waals surface area contributed by atoms with Crippen LogP contribution in [0.4, 0.5) is 0 Å². The number of aryl methyl sites for hydroxylation is 1. The fraction of sp³-hybridized carbons (Fsp3) is 0.455. The molecule has 0 aliphatic heterocycles. The molecule has 12 heavy (non-hydrogen) atoms. The van der Waals surface area contributed by atoms with E-state index in [9.17, 15) is 0 Å². The van der Waals surface area contributed by atoms with Crippen LogP contribution >= 0.6 is 11.6 Å². The third kappa shape index (κ3) is 1.49. The molecule has 0 unspecified atom stereocenters. The first kappa shape index (κ1) is 8.12. The van der Waals surface area contributed by atoms with Gasteiger partial charge in [0.05, 0.1) is 0 Å². The highest BCUT2D eigenvalue weighted by Crippen LogP contribution is 2.43. The van der Waals surface area contributed by atoms with Gasteiger partial charge in [-0.1, -0.05) is 30.7 Å². The van der Waals surface area contributed by atoms with Crippen LogP contribution in [0, 0.1) is 0 Å². The lowest BCUT2D eigenvalue weighted by Gasteiger charge is -2.03. The standard InChI is InChI=1S/C11H13Cl/c1-2-8-3-6-10(9-4-5-9)11(12)7-8/h3,6-7,9H,2,4-5H2,1H3. The van der Waals surface area contributed by atoms with Crippen LogP contribution in [-0.4, -0.2) is 0 Å². The van der Waals surface area contributed by atoms with Crippen molar-refractivity contribution < 1.29 is 0 Å². The third-order valence-corrected chi connectivity index (χ3v) is 2.82. The number of hydrogen-bond donors (Lipinski definition) is 0. The molecule has 1 aromatic carbocycles. The fourth-order valence-electron chi connectivity index (χ4n) is 1.52. The van der Waals surface area contributed by atoms with Crippen LogP contribution in [0.25, 0.3) is 0 Å². The molecule has 1 aliphatic carbocycles.